The number of hydrogen-bond donors (Lipinski definition) is 0. The first-order chi connectivity index (χ1) is 7.22. The van der Waals surface area contributed by atoms with E-state index in [2.05, 4.69) is 27.5 Å². The van der Waals surface area contributed by atoms with Gasteiger partial charge in [-0.25, -0.2) is 0 Å². The smallest absolute Gasteiger partial charge is 0.305 e. The van der Waals surface area contributed by atoms with Crippen molar-refractivity contribution in [3.8, 4) is 0 Å². The lowest BCUT2D eigenvalue weighted by atomic mass is 10.1. The normalized spacial score (nSPS) is 19.1. The fourth-order valence-electron chi connectivity index (χ4n) is 1.81. The molecule has 0 unspecified atom stereocenters. The Morgan fingerprint density at radius 2 is 2.13 bits per heavy atom. The molecule has 1 saturated heterocycles. The first-order valence-electron chi connectivity index (χ1n) is 5.74. The third-order valence-corrected chi connectivity index (χ3v) is 3.92. The fraction of sp³-hybridized carbons (Fsp3) is 0.909. The molecular formula is C11H20INO2. The number of carbonyl (C=O) groups is 1. The number of likely N-dealkylation sites (tertiary alicyclic amines) is 1. The molecule has 1 heterocycles. The number of piperidine rings is 1. The highest BCUT2D eigenvalue weighted by Gasteiger charge is 2.16. The summed E-state index contributed by atoms with van der Waals surface area (Å²) in [4.78, 5) is 13.5. The third-order valence-electron chi connectivity index (χ3n) is 2.68. The van der Waals surface area contributed by atoms with Gasteiger partial charge in [0.05, 0.1) is 6.61 Å². The molecule has 0 aliphatic carbocycles. The van der Waals surface area contributed by atoms with Gasteiger partial charge in [0.25, 0.3) is 0 Å². The average molecular weight is 325 g/mol. The molecule has 0 aromatic heterocycles. The van der Waals surface area contributed by atoms with Crippen molar-refractivity contribution in [1.82, 2.24) is 4.90 Å². The predicted octanol–water partition coefficient (Wildman–Crippen LogP) is 2.23. The number of esters is 1. The molecular weight excluding hydrogens is 305 g/mol. The van der Waals surface area contributed by atoms with Gasteiger partial charge in [-0.2, -0.15) is 0 Å². The summed E-state index contributed by atoms with van der Waals surface area (Å²) in [6.45, 7) is 5.77. The van der Waals surface area contributed by atoms with E-state index in [0.29, 0.717) is 13.0 Å². The number of ether oxygens (including phenoxy) is 1. The van der Waals surface area contributed by atoms with Gasteiger partial charge in [-0.05, 0) is 45.8 Å². The summed E-state index contributed by atoms with van der Waals surface area (Å²) in [5.41, 5.74) is 0. The van der Waals surface area contributed by atoms with E-state index in [-0.39, 0.29) is 5.97 Å². The van der Waals surface area contributed by atoms with E-state index in [0.717, 1.165) is 16.9 Å². The Morgan fingerprint density at radius 3 is 2.73 bits per heavy atom. The molecule has 0 N–H and O–H groups in total. The van der Waals surface area contributed by atoms with Crippen molar-refractivity contribution >= 4 is 28.6 Å². The molecule has 1 aliphatic rings. The second kappa shape index (κ2) is 7.44. The number of rotatable bonds is 5. The molecule has 15 heavy (non-hydrogen) atoms. The van der Waals surface area contributed by atoms with Crippen molar-refractivity contribution in [2.45, 2.75) is 36.5 Å². The minimum absolute atomic E-state index is 0.0544. The van der Waals surface area contributed by atoms with Crippen molar-refractivity contribution in [3.63, 3.8) is 0 Å². The molecule has 3 nitrogen and oxygen atoms in total. The van der Waals surface area contributed by atoms with Crippen molar-refractivity contribution in [2.24, 2.45) is 0 Å². The lowest BCUT2D eigenvalue weighted by Crippen LogP contribution is -2.34. The number of hydrogen-bond acceptors (Lipinski definition) is 3. The van der Waals surface area contributed by atoms with Crippen molar-refractivity contribution < 1.29 is 9.53 Å². The molecule has 4 heteroatoms. The molecule has 1 rings (SSSR count). The quantitative estimate of drug-likeness (QED) is 0.441. The first kappa shape index (κ1) is 13.2. The molecule has 1 aliphatic heterocycles. The van der Waals surface area contributed by atoms with Gasteiger partial charge in [0.2, 0.25) is 0 Å². The Bertz CT molecular complexity index is 191. The summed E-state index contributed by atoms with van der Waals surface area (Å²) < 4.78 is 5.74. The Morgan fingerprint density at radius 1 is 1.47 bits per heavy atom. The molecule has 0 spiro atoms. The van der Waals surface area contributed by atoms with Gasteiger partial charge in [-0.15, -0.1) is 0 Å². The molecule has 0 amide bonds. The molecule has 0 atom stereocenters. The third kappa shape index (κ3) is 5.70. The fourth-order valence-corrected chi connectivity index (χ4v) is 2.36. The van der Waals surface area contributed by atoms with Crippen molar-refractivity contribution in [2.75, 3.05) is 26.2 Å². The second-order valence-electron chi connectivity index (χ2n) is 3.92. The Hall–Kier alpha value is 0.160. The Labute approximate surface area is 106 Å². The zero-order valence-corrected chi connectivity index (χ0v) is 11.5. The van der Waals surface area contributed by atoms with Crippen LogP contribution in [0.25, 0.3) is 0 Å². The monoisotopic (exact) mass is 325 g/mol. The molecule has 1 fully saturated rings. The van der Waals surface area contributed by atoms with E-state index in [1.54, 1.807) is 0 Å². The zero-order chi connectivity index (χ0) is 11.1. The van der Waals surface area contributed by atoms with Crippen LogP contribution < -0.4 is 0 Å². The Balaban J connectivity index is 2.02. The van der Waals surface area contributed by atoms with Crippen LogP contribution in [0.1, 0.15) is 32.6 Å². The summed E-state index contributed by atoms with van der Waals surface area (Å²) in [7, 11) is 0. The molecule has 88 valence electrons. The van der Waals surface area contributed by atoms with Gasteiger partial charge < -0.3 is 9.64 Å². The zero-order valence-electron chi connectivity index (χ0n) is 9.38. The highest BCUT2D eigenvalue weighted by atomic mass is 127. The second-order valence-corrected chi connectivity index (χ2v) is 5.69. The van der Waals surface area contributed by atoms with Crippen LogP contribution in [0.2, 0.25) is 0 Å². The van der Waals surface area contributed by atoms with Gasteiger partial charge in [-0.3, -0.25) is 4.79 Å². The van der Waals surface area contributed by atoms with Crippen LogP contribution in [0.3, 0.4) is 0 Å². The highest BCUT2D eigenvalue weighted by Crippen LogP contribution is 2.17. The summed E-state index contributed by atoms with van der Waals surface area (Å²) >= 11 is 2.53. The topological polar surface area (TPSA) is 29.5 Å². The van der Waals surface area contributed by atoms with E-state index < -0.39 is 0 Å². The summed E-state index contributed by atoms with van der Waals surface area (Å²) in [5, 5.41) is 0. The number of alkyl halides is 1. The summed E-state index contributed by atoms with van der Waals surface area (Å²) in [6, 6.07) is 0. The van der Waals surface area contributed by atoms with E-state index >= 15 is 0 Å². The van der Waals surface area contributed by atoms with Crippen molar-refractivity contribution in [1.29, 1.82) is 0 Å². The van der Waals surface area contributed by atoms with Crippen LogP contribution in [0.5, 0.6) is 0 Å². The van der Waals surface area contributed by atoms with Gasteiger partial charge in [0.15, 0.2) is 0 Å². The lowest BCUT2D eigenvalue weighted by Gasteiger charge is -2.29. The Kier molecular flexibility index (Phi) is 6.56. The predicted molar refractivity (Wildman–Crippen MR) is 69.3 cm³/mol. The minimum atomic E-state index is -0.0544. The van der Waals surface area contributed by atoms with E-state index in [1.807, 2.05) is 6.92 Å². The number of nitrogens with zero attached hydrogens (tertiary/aromatic N) is 1. The maximum absolute atomic E-state index is 11.1. The number of halogens is 1. The van der Waals surface area contributed by atoms with Gasteiger partial charge in [0.1, 0.15) is 0 Å². The summed E-state index contributed by atoms with van der Waals surface area (Å²) in [6.07, 6.45) is 4.09. The average Bonchev–Trinajstić information content (AvgIpc) is 2.21. The molecule has 0 saturated carbocycles. The standard InChI is InChI=1S/C11H20INO2/c1-2-15-11(14)4-3-7-13-8-5-10(12)6-9-13/h10H,2-9H2,1H3. The summed E-state index contributed by atoms with van der Waals surface area (Å²) in [5.74, 6) is -0.0544. The first-order valence-corrected chi connectivity index (χ1v) is 6.99. The van der Waals surface area contributed by atoms with E-state index in [9.17, 15) is 4.79 Å². The van der Waals surface area contributed by atoms with Gasteiger partial charge >= 0.3 is 5.97 Å². The van der Waals surface area contributed by atoms with Crippen LogP contribution >= 0.6 is 22.6 Å². The van der Waals surface area contributed by atoms with E-state index in [1.165, 1.54) is 25.9 Å². The molecule has 0 aromatic carbocycles. The van der Waals surface area contributed by atoms with Gasteiger partial charge in [0, 0.05) is 10.3 Å². The van der Waals surface area contributed by atoms with Crippen LogP contribution in [0.15, 0.2) is 0 Å². The maximum atomic E-state index is 11.1. The molecule has 0 radical (unpaired) electrons. The number of carbonyl (C=O) groups excluding carboxylic acids is 1. The highest BCUT2D eigenvalue weighted by molar-refractivity contribution is 14.1. The lowest BCUT2D eigenvalue weighted by molar-refractivity contribution is -0.143. The van der Waals surface area contributed by atoms with Crippen molar-refractivity contribution in [3.05, 3.63) is 0 Å². The van der Waals surface area contributed by atoms with Crippen LogP contribution in [0.4, 0.5) is 0 Å². The van der Waals surface area contributed by atoms with Gasteiger partial charge in [-0.1, -0.05) is 22.6 Å². The largest absolute Gasteiger partial charge is 0.466 e. The minimum Gasteiger partial charge on any atom is -0.466 e. The molecule has 0 aromatic rings. The van der Waals surface area contributed by atoms with Crippen LogP contribution in [-0.2, 0) is 9.53 Å². The van der Waals surface area contributed by atoms with Crippen LogP contribution in [-0.4, -0.2) is 41.0 Å². The van der Waals surface area contributed by atoms with Crippen LogP contribution in [0, 0.1) is 0 Å². The SMILES string of the molecule is CCOC(=O)CCCN1CCC(I)CC1. The molecule has 0 bridgehead atoms. The maximum Gasteiger partial charge on any atom is 0.305 e. The van der Waals surface area contributed by atoms with E-state index in [4.69, 9.17) is 4.74 Å².